The molecule has 0 aromatic heterocycles. The highest BCUT2D eigenvalue weighted by atomic mass is 32.2. The van der Waals surface area contributed by atoms with E-state index in [2.05, 4.69) is 5.32 Å². The van der Waals surface area contributed by atoms with Crippen LogP contribution in [0.25, 0.3) is 0 Å². The first-order valence-corrected chi connectivity index (χ1v) is 5.47. The van der Waals surface area contributed by atoms with Gasteiger partial charge < -0.3 is 10.4 Å². The van der Waals surface area contributed by atoms with Crippen LogP contribution in [0, 0.1) is 5.82 Å². The summed E-state index contributed by atoms with van der Waals surface area (Å²) in [5.41, 5.74) is 0. The zero-order chi connectivity index (χ0) is 11.1. The Labute approximate surface area is 91.7 Å². The fourth-order valence-electron chi connectivity index (χ4n) is 0.952. The van der Waals surface area contributed by atoms with E-state index in [9.17, 15) is 9.18 Å². The summed E-state index contributed by atoms with van der Waals surface area (Å²) in [6, 6.07) is 6.08. The molecule has 0 atom stereocenters. The maximum atomic E-state index is 12.7. The standard InChI is InChI=1S/C10H12FNO2S/c11-8-2-1-3-9(6-8)15-7-10(14)12-4-5-13/h1-3,6,13H,4-5,7H2,(H,12,14). The van der Waals surface area contributed by atoms with Crippen molar-refractivity contribution in [1.29, 1.82) is 0 Å². The fourth-order valence-corrected chi connectivity index (χ4v) is 1.72. The number of hydrogen-bond acceptors (Lipinski definition) is 3. The number of rotatable bonds is 5. The molecule has 15 heavy (non-hydrogen) atoms. The average Bonchev–Trinajstić information content (AvgIpc) is 2.23. The van der Waals surface area contributed by atoms with Crippen molar-refractivity contribution in [2.75, 3.05) is 18.9 Å². The second kappa shape index (κ2) is 6.42. The molecule has 82 valence electrons. The van der Waals surface area contributed by atoms with E-state index >= 15 is 0 Å². The van der Waals surface area contributed by atoms with Gasteiger partial charge in [-0.2, -0.15) is 0 Å². The minimum absolute atomic E-state index is 0.0730. The molecule has 1 amide bonds. The summed E-state index contributed by atoms with van der Waals surface area (Å²) in [6.45, 7) is 0.179. The van der Waals surface area contributed by atoms with Crippen LogP contribution in [0.4, 0.5) is 4.39 Å². The first-order chi connectivity index (χ1) is 7.22. The first-order valence-electron chi connectivity index (χ1n) is 4.48. The molecule has 0 aliphatic carbocycles. The molecule has 0 bridgehead atoms. The minimum atomic E-state index is -0.309. The van der Waals surface area contributed by atoms with Crippen LogP contribution in [0.15, 0.2) is 29.2 Å². The number of benzene rings is 1. The zero-order valence-electron chi connectivity index (χ0n) is 8.07. The van der Waals surface area contributed by atoms with Gasteiger partial charge in [0, 0.05) is 11.4 Å². The summed E-state index contributed by atoms with van der Waals surface area (Å²) in [5, 5.41) is 11.0. The van der Waals surface area contributed by atoms with Gasteiger partial charge in [0.2, 0.25) is 5.91 Å². The quantitative estimate of drug-likeness (QED) is 0.741. The van der Waals surface area contributed by atoms with Crippen LogP contribution in [0.1, 0.15) is 0 Å². The molecule has 0 unspecified atom stereocenters. The average molecular weight is 229 g/mol. The van der Waals surface area contributed by atoms with Gasteiger partial charge in [0.1, 0.15) is 5.82 Å². The summed E-state index contributed by atoms with van der Waals surface area (Å²) < 4.78 is 12.7. The van der Waals surface area contributed by atoms with Crippen molar-refractivity contribution in [3.8, 4) is 0 Å². The molecule has 0 heterocycles. The Kier molecular flexibility index (Phi) is 5.14. The zero-order valence-corrected chi connectivity index (χ0v) is 8.89. The smallest absolute Gasteiger partial charge is 0.230 e. The molecular weight excluding hydrogens is 217 g/mol. The van der Waals surface area contributed by atoms with Crippen LogP contribution >= 0.6 is 11.8 Å². The number of aliphatic hydroxyl groups is 1. The Morgan fingerprint density at radius 2 is 2.33 bits per heavy atom. The third-order valence-electron chi connectivity index (χ3n) is 1.60. The third-order valence-corrected chi connectivity index (χ3v) is 2.59. The van der Waals surface area contributed by atoms with Crippen molar-refractivity contribution in [1.82, 2.24) is 5.32 Å². The molecule has 1 aromatic carbocycles. The van der Waals surface area contributed by atoms with Gasteiger partial charge in [0.25, 0.3) is 0 Å². The molecule has 0 radical (unpaired) electrons. The maximum Gasteiger partial charge on any atom is 0.230 e. The van der Waals surface area contributed by atoms with Gasteiger partial charge in [-0.05, 0) is 18.2 Å². The largest absolute Gasteiger partial charge is 0.395 e. The van der Waals surface area contributed by atoms with E-state index in [1.165, 1.54) is 23.9 Å². The van der Waals surface area contributed by atoms with Gasteiger partial charge in [-0.25, -0.2) is 4.39 Å². The molecule has 0 aliphatic rings. The van der Waals surface area contributed by atoms with Crippen LogP contribution in [-0.2, 0) is 4.79 Å². The molecule has 1 aromatic rings. The number of carbonyl (C=O) groups excluding carboxylic acids is 1. The molecule has 3 nitrogen and oxygen atoms in total. The van der Waals surface area contributed by atoms with Crippen molar-refractivity contribution in [3.63, 3.8) is 0 Å². The number of halogens is 1. The molecule has 0 aliphatic heterocycles. The number of amides is 1. The molecule has 0 saturated heterocycles. The topological polar surface area (TPSA) is 49.3 Å². The summed E-state index contributed by atoms with van der Waals surface area (Å²) in [4.78, 5) is 11.8. The van der Waals surface area contributed by atoms with Crippen molar-refractivity contribution in [3.05, 3.63) is 30.1 Å². The van der Waals surface area contributed by atoms with E-state index in [1.807, 2.05) is 0 Å². The normalized spacial score (nSPS) is 10.0. The minimum Gasteiger partial charge on any atom is -0.395 e. The third kappa shape index (κ3) is 4.80. The van der Waals surface area contributed by atoms with E-state index in [4.69, 9.17) is 5.11 Å². The Balaban J connectivity index is 2.33. The van der Waals surface area contributed by atoms with Gasteiger partial charge in [-0.3, -0.25) is 4.79 Å². The predicted octanol–water partition coefficient (Wildman–Crippen LogP) is 1.03. The molecule has 0 spiro atoms. The number of aliphatic hydroxyl groups excluding tert-OH is 1. The van der Waals surface area contributed by atoms with Gasteiger partial charge in [-0.1, -0.05) is 6.07 Å². The maximum absolute atomic E-state index is 12.7. The second-order valence-corrected chi connectivity index (χ2v) is 3.87. The summed E-state index contributed by atoms with van der Waals surface area (Å²) >= 11 is 1.26. The lowest BCUT2D eigenvalue weighted by atomic mass is 10.4. The van der Waals surface area contributed by atoms with Crippen molar-refractivity contribution in [2.24, 2.45) is 0 Å². The van der Waals surface area contributed by atoms with Crippen LogP contribution < -0.4 is 5.32 Å². The van der Waals surface area contributed by atoms with E-state index in [-0.39, 0.29) is 30.6 Å². The lowest BCUT2D eigenvalue weighted by Gasteiger charge is -2.03. The van der Waals surface area contributed by atoms with Crippen LogP contribution in [0.2, 0.25) is 0 Å². The van der Waals surface area contributed by atoms with Gasteiger partial charge in [-0.15, -0.1) is 11.8 Å². The van der Waals surface area contributed by atoms with Crippen molar-refractivity contribution in [2.45, 2.75) is 4.90 Å². The summed E-state index contributed by atoms with van der Waals surface area (Å²) in [7, 11) is 0. The van der Waals surface area contributed by atoms with Gasteiger partial charge in [0.05, 0.1) is 12.4 Å². The van der Waals surface area contributed by atoms with E-state index < -0.39 is 0 Å². The lowest BCUT2D eigenvalue weighted by Crippen LogP contribution is -2.27. The highest BCUT2D eigenvalue weighted by Gasteiger charge is 2.02. The Morgan fingerprint density at radius 3 is 3.00 bits per heavy atom. The second-order valence-electron chi connectivity index (χ2n) is 2.82. The number of hydrogen-bond donors (Lipinski definition) is 2. The lowest BCUT2D eigenvalue weighted by molar-refractivity contribution is -0.118. The highest BCUT2D eigenvalue weighted by molar-refractivity contribution is 8.00. The van der Waals surface area contributed by atoms with Gasteiger partial charge >= 0.3 is 0 Å². The molecule has 0 fully saturated rings. The van der Waals surface area contributed by atoms with Crippen molar-refractivity contribution < 1.29 is 14.3 Å². The van der Waals surface area contributed by atoms with E-state index in [0.29, 0.717) is 4.90 Å². The van der Waals surface area contributed by atoms with Crippen LogP contribution in [0.5, 0.6) is 0 Å². The Hall–Kier alpha value is -1.07. The summed E-state index contributed by atoms with van der Waals surface area (Å²) in [5.74, 6) is -0.252. The van der Waals surface area contributed by atoms with Crippen LogP contribution in [0.3, 0.4) is 0 Å². The molecule has 2 N–H and O–H groups in total. The fraction of sp³-hybridized carbons (Fsp3) is 0.300. The summed E-state index contributed by atoms with van der Waals surface area (Å²) in [6.07, 6.45) is 0. The van der Waals surface area contributed by atoms with Gasteiger partial charge in [0.15, 0.2) is 0 Å². The predicted molar refractivity (Wildman–Crippen MR) is 57.2 cm³/mol. The number of carbonyl (C=O) groups is 1. The molecule has 1 rings (SSSR count). The number of nitrogens with one attached hydrogen (secondary N) is 1. The van der Waals surface area contributed by atoms with Crippen molar-refractivity contribution >= 4 is 17.7 Å². The Bertz CT molecular complexity index is 333. The SMILES string of the molecule is O=C(CSc1cccc(F)c1)NCCO. The highest BCUT2D eigenvalue weighted by Crippen LogP contribution is 2.17. The first kappa shape index (κ1) is 12.0. The Morgan fingerprint density at radius 1 is 1.53 bits per heavy atom. The van der Waals surface area contributed by atoms with E-state index in [1.54, 1.807) is 12.1 Å². The molecule has 5 heteroatoms. The molecular formula is C10H12FNO2S. The number of thioether (sulfide) groups is 1. The monoisotopic (exact) mass is 229 g/mol. The van der Waals surface area contributed by atoms with E-state index in [0.717, 1.165) is 0 Å². The molecule has 0 saturated carbocycles. The van der Waals surface area contributed by atoms with Crippen LogP contribution in [-0.4, -0.2) is 29.9 Å².